The van der Waals surface area contributed by atoms with Gasteiger partial charge >= 0.3 is 0 Å². The number of aliphatic hydroxyl groups excluding tert-OH is 2. The molecule has 39 heavy (non-hydrogen) atoms. The minimum absolute atomic E-state index is 0.00798. The molecule has 1 heterocycles. The predicted octanol–water partition coefficient (Wildman–Crippen LogP) is 2.90. The van der Waals surface area contributed by atoms with Crippen molar-refractivity contribution in [1.82, 2.24) is 0 Å². The van der Waals surface area contributed by atoms with Gasteiger partial charge in [0, 0.05) is 57.6 Å². The number of hydrogen-bond acceptors (Lipinski definition) is 10. The summed E-state index contributed by atoms with van der Waals surface area (Å²) in [5.41, 5.74) is -0.314. The fourth-order valence-corrected chi connectivity index (χ4v) is 6.13. The van der Waals surface area contributed by atoms with Crippen LogP contribution in [0.5, 0.6) is 34.5 Å². The van der Waals surface area contributed by atoms with Crippen molar-refractivity contribution >= 4 is 43.1 Å². The van der Waals surface area contributed by atoms with Gasteiger partial charge in [-0.1, -0.05) is 0 Å². The smallest absolute Gasteiger partial charge is 0.230 e. The number of benzene rings is 5. The number of methoxy groups -OCH3 is 2. The molecule has 10 heteroatoms. The lowest BCUT2D eigenvalue weighted by molar-refractivity contribution is 0.125. The van der Waals surface area contributed by atoms with Crippen LogP contribution in [0.4, 0.5) is 0 Å². The zero-order valence-electron chi connectivity index (χ0n) is 21.7. The van der Waals surface area contributed by atoms with Crippen molar-refractivity contribution in [2.75, 3.05) is 21.0 Å². The first-order valence-electron chi connectivity index (χ1n) is 12.4. The van der Waals surface area contributed by atoms with Crippen LogP contribution in [0, 0.1) is 0 Å². The van der Waals surface area contributed by atoms with Crippen molar-refractivity contribution in [2.24, 2.45) is 0 Å². The average molecular weight is 535 g/mol. The highest BCUT2D eigenvalue weighted by Gasteiger charge is 2.33. The Morgan fingerprint density at radius 3 is 1.41 bits per heavy atom. The van der Waals surface area contributed by atoms with Crippen LogP contribution in [0.1, 0.15) is 25.0 Å². The minimum Gasteiger partial charge on any atom is -0.504 e. The van der Waals surface area contributed by atoms with Gasteiger partial charge in [0.2, 0.25) is 6.79 Å². The number of aromatic hydroxyl groups is 2. The second-order valence-electron chi connectivity index (χ2n) is 9.98. The summed E-state index contributed by atoms with van der Waals surface area (Å²) < 4.78 is 22.8. The topological polar surface area (TPSA) is 152 Å². The van der Waals surface area contributed by atoms with Gasteiger partial charge in [0.15, 0.2) is 33.9 Å². The molecule has 1 aliphatic heterocycles. The molecule has 4 N–H and O–H groups in total. The van der Waals surface area contributed by atoms with Gasteiger partial charge in [-0.05, 0) is 24.6 Å². The summed E-state index contributed by atoms with van der Waals surface area (Å²) >= 11 is 0. The molecule has 0 bridgehead atoms. The molecule has 0 amide bonds. The fourth-order valence-electron chi connectivity index (χ4n) is 6.13. The molecule has 0 unspecified atom stereocenters. The Morgan fingerprint density at radius 2 is 1.08 bits per heavy atom. The molecule has 6 rings (SSSR count). The molecule has 0 fully saturated rings. The van der Waals surface area contributed by atoms with Gasteiger partial charge in [-0.25, -0.2) is 0 Å². The van der Waals surface area contributed by atoms with Gasteiger partial charge in [-0.2, -0.15) is 0 Å². The largest absolute Gasteiger partial charge is 0.504 e. The van der Waals surface area contributed by atoms with E-state index in [1.165, 1.54) is 26.4 Å². The van der Waals surface area contributed by atoms with E-state index in [-0.39, 0.29) is 53.4 Å². The van der Waals surface area contributed by atoms with Crippen LogP contribution in [0.2, 0.25) is 0 Å². The van der Waals surface area contributed by atoms with Gasteiger partial charge in [0.1, 0.15) is 11.5 Å². The van der Waals surface area contributed by atoms with Crippen molar-refractivity contribution in [3.05, 3.63) is 43.7 Å². The van der Waals surface area contributed by atoms with Crippen molar-refractivity contribution in [3.8, 4) is 34.5 Å². The molecule has 0 radical (unpaired) electrons. The lowest BCUT2D eigenvalue weighted by Crippen LogP contribution is -2.13. The maximum atomic E-state index is 13.5. The van der Waals surface area contributed by atoms with E-state index >= 15 is 0 Å². The molecule has 5 aromatic carbocycles. The van der Waals surface area contributed by atoms with E-state index in [0.717, 1.165) is 0 Å². The Morgan fingerprint density at radius 1 is 0.692 bits per heavy atom. The zero-order chi connectivity index (χ0) is 27.9. The highest BCUT2D eigenvalue weighted by Crippen LogP contribution is 2.55. The number of fused-ring (bicyclic) bond motifs is 1. The van der Waals surface area contributed by atoms with Crippen LogP contribution in [-0.2, 0) is 12.8 Å². The van der Waals surface area contributed by atoms with Crippen molar-refractivity contribution < 1.29 is 39.4 Å². The minimum atomic E-state index is -0.891. The second-order valence-corrected chi connectivity index (χ2v) is 9.98. The van der Waals surface area contributed by atoms with Crippen molar-refractivity contribution in [2.45, 2.75) is 38.9 Å². The monoisotopic (exact) mass is 534 g/mol. The Balaban J connectivity index is 2.13. The van der Waals surface area contributed by atoms with E-state index in [9.17, 15) is 30.0 Å². The van der Waals surface area contributed by atoms with Crippen LogP contribution >= 0.6 is 0 Å². The number of ether oxygens (including phenoxy) is 4. The lowest BCUT2D eigenvalue weighted by atomic mass is 9.82. The van der Waals surface area contributed by atoms with E-state index in [4.69, 9.17) is 18.9 Å². The standard InChI is InChI=1S/C29H26O10/c1-10(30)5-12-18-19-13(6-11(2)31)29(37-4)27(35)21-15(33)8-17-23(25(19)21)22-16(38-9-39-17)7-14(32)20(24(18)22)26(34)28(12)36-3/h7-8,10-11,30-31,34-35H,5-6,9H2,1-4H3/t10-,11-/m0/s1. The number of hydrogen-bond donors (Lipinski definition) is 4. The molecule has 0 aromatic heterocycles. The molecule has 2 atom stereocenters. The van der Waals surface area contributed by atoms with E-state index < -0.39 is 34.6 Å². The number of phenolic OH excluding ortho intramolecular Hbond substituents is 2. The first-order chi connectivity index (χ1) is 18.6. The molecular formula is C29H26O10. The Bertz CT molecular complexity index is 1790. The van der Waals surface area contributed by atoms with E-state index in [2.05, 4.69) is 0 Å². The third kappa shape index (κ3) is 3.28. The van der Waals surface area contributed by atoms with Crippen LogP contribution in [0.15, 0.2) is 21.7 Å². The maximum absolute atomic E-state index is 13.5. The van der Waals surface area contributed by atoms with Crippen LogP contribution in [0.3, 0.4) is 0 Å². The third-order valence-corrected chi connectivity index (χ3v) is 7.40. The Kier molecular flexibility index (Phi) is 5.53. The second kappa shape index (κ2) is 8.62. The molecule has 10 nitrogen and oxygen atoms in total. The summed E-state index contributed by atoms with van der Waals surface area (Å²) in [5.74, 6) is -0.447. The first-order valence-corrected chi connectivity index (χ1v) is 12.4. The van der Waals surface area contributed by atoms with E-state index in [0.29, 0.717) is 43.4 Å². The maximum Gasteiger partial charge on any atom is 0.230 e. The molecule has 0 saturated heterocycles. The lowest BCUT2D eigenvalue weighted by Gasteiger charge is -2.25. The summed E-state index contributed by atoms with van der Waals surface area (Å²) in [6, 6.07) is 2.49. The van der Waals surface area contributed by atoms with Gasteiger partial charge in [-0.15, -0.1) is 0 Å². The van der Waals surface area contributed by atoms with Gasteiger partial charge in [-0.3, -0.25) is 9.59 Å². The first kappa shape index (κ1) is 25.0. The normalized spacial score (nSPS) is 14.6. The molecule has 5 aromatic rings. The molecule has 0 spiro atoms. The number of aliphatic hydroxyl groups is 2. The van der Waals surface area contributed by atoms with Gasteiger partial charge in [0.25, 0.3) is 0 Å². The zero-order valence-corrected chi connectivity index (χ0v) is 21.7. The Hall–Kier alpha value is -4.28. The molecular weight excluding hydrogens is 508 g/mol. The molecule has 1 aliphatic rings. The summed E-state index contributed by atoms with van der Waals surface area (Å²) in [6.45, 7) is 2.86. The van der Waals surface area contributed by atoms with Gasteiger partial charge in [0.05, 0.1) is 37.2 Å². The SMILES string of the molecule is COc1c(O)c2c(=O)cc3c4c5c(cc(=O)c6c(O)c(OC)c(C[C@H](C)O)c(c(c1C[C@H](C)O)c24)c65)OCO3. The van der Waals surface area contributed by atoms with Crippen LogP contribution in [-0.4, -0.2) is 53.6 Å². The summed E-state index contributed by atoms with van der Waals surface area (Å²) in [5, 5.41) is 45.9. The van der Waals surface area contributed by atoms with Crippen LogP contribution < -0.4 is 29.8 Å². The van der Waals surface area contributed by atoms with Crippen molar-refractivity contribution in [3.63, 3.8) is 0 Å². The molecule has 0 aliphatic carbocycles. The Labute approximate surface area is 220 Å². The number of rotatable bonds is 6. The number of phenols is 2. The van der Waals surface area contributed by atoms with Gasteiger partial charge < -0.3 is 39.4 Å². The average Bonchev–Trinajstić information content (AvgIpc) is 3.03. The molecule has 202 valence electrons. The quantitative estimate of drug-likeness (QED) is 0.189. The van der Waals surface area contributed by atoms with E-state index in [1.807, 2.05) is 0 Å². The fraction of sp³-hybridized carbons (Fsp3) is 0.310. The third-order valence-electron chi connectivity index (χ3n) is 7.40. The van der Waals surface area contributed by atoms with Crippen LogP contribution in [0.25, 0.3) is 43.1 Å². The highest BCUT2D eigenvalue weighted by atomic mass is 16.7. The summed E-state index contributed by atoms with van der Waals surface area (Å²) in [6.07, 6.45) is -1.76. The van der Waals surface area contributed by atoms with Crippen molar-refractivity contribution in [1.29, 1.82) is 0 Å². The summed E-state index contributed by atoms with van der Waals surface area (Å²) in [7, 11) is 2.69. The van der Waals surface area contributed by atoms with E-state index in [1.54, 1.807) is 13.8 Å². The predicted molar refractivity (Wildman–Crippen MR) is 145 cm³/mol. The molecule has 0 saturated carbocycles. The summed E-state index contributed by atoms with van der Waals surface area (Å²) in [4.78, 5) is 26.9. The highest BCUT2D eigenvalue weighted by molar-refractivity contribution is 6.38.